The van der Waals surface area contributed by atoms with E-state index < -0.39 is 0 Å². The lowest BCUT2D eigenvalue weighted by atomic mass is 9.75. The summed E-state index contributed by atoms with van der Waals surface area (Å²) in [5.41, 5.74) is 1.24. The number of benzene rings is 1. The second kappa shape index (κ2) is 9.35. The van der Waals surface area contributed by atoms with Crippen LogP contribution in [0.15, 0.2) is 30.3 Å². The third kappa shape index (κ3) is 5.82. The van der Waals surface area contributed by atoms with Crippen LogP contribution in [0.2, 0.25) is 0 Å². The lowest BCUT2D eigenvalue weighted by molar-refractivity contribution is -0.149. The van der Waals surface area contributed by atoms with Crippen LogP contribution in [0, 0.1) is 11.8 Å². The molecule has 3 unspecified atom stereocenters. The summed E-state index contributed by atoms with van der Waals surface area (Å²) in [6, 6.07) is 9.83. The number of carbonyl (C=O) groups is 1. The molecule has 0 heterocycles. The summed E-state index contributed by atoms with van der Waals surface area (Å²) in [6.07, 6.45) is 5.07. The van der Waals surface area contributed by atoms with Gasteiger partial charge >= 0.3 is 5.97 Å². The lowest BCUT2D eigenvalue weighted by Crippen LogP contribution is -2.54. The number of likely N-dealkylation sites (N-methyl/N-ethyl adjacent to an activating group) is 1. The smallest absolute Gasteiger partial charge is 0.310 e. The highest BCUT2D eigenvalue weighted by Crippen LogP contribution is 2.35. The Balaban J connectivity index is 1.76. The average molecular weight is 347 g/mol. The van der Waals surface area contributed by atoms with Gasteiger partial charge in [0.15, 0.2) is 0 Å². The maximum Gasteiger partial charge on any atom is 0.310 e. The molecule has 0 aliphatic heterocycles. The number of nitrogens with one attached hydrogen (secondary N) is 1. The van der Waals surface area contributed by atoms with Crippen LogP contribution < -0.4 is 5.32 Å². The van der Waals surface area contributed by atoms with Crippen molar-refractivity contribution in [1.29, 1.82) is 0 Å². The molecular weight excluding hydrogens is 312 g/mol. The van der Waals surface area contributed by atoms with E-state index in [1.165, 1.54) is 25.7 Å². The van der Waals surface area contributed by atoms with Crippen molar-refractivity contribution >= 4 is 5.97 Å². The standard InChI is InChI=1S/C21H34N2O2/c1-17-9-8-12-21(13-17,23(3)4)16-22-14-18(2)20(24)25-15-19-10-6-5-7-11-19/h5-7,10-11,17-18,22H,8-9,12-16H2,1-4H3. The molecule has 1 aliphatic carbocycles. The van der Waals surface area contributed by atoms with Gasteiger partial charge in [-0.1, -0.05) is 57.0 Å². The fourth-order valence-corrected chi connectivity index (χ4v) is 3.83. The van der Waals surface area contributed by atoms with E-state index in [0.717, 1.165) is 18.0 Å². The Kier molecular flexibility index (Phi) is 7.45. The topological polar surface area (TPSA) is 41.6 Å². The van der Waals surface area contributed by atoms with Crippen molar-refractivity contribution < 1.29 is 9.53 Å². The van der Waals surface area contributed by atoms with Gasteiger partial charge in [0.05, 0.1) is 5.92 Å². The molecule has 1 aliphatic rings. The predicted molar refractivity (Wildman–Crippen MR) is 102 cm³/mol. The van der Waals surface area contributed by atoms with E-state index in [1.807, 2.05) is 37.3 Å². The number of hydrogen-bond acceptors (Lipinski definition) is 4. The largest absolute Gasteiger partial charge is 0.461 e. The summed E-state index contributed by atoms with van der Waals surface area (Å²) < 4.78 is 5.43. The minimum atomic E-state index is -0.135. The number of carbonyl (C=O) groups excluding carboxylic acids is 1. The monoisotopic (exact) mass is 346 g/mol. The van der Waals surface area contributed by atoms with Crippen LogP contribution in [0.1, 0.15) is 45.1 Å². The zero-order valence-electron chi connectivity index (χ0n) is 16.3. The second-order valence-corrected chi connectivity index (χ2v) is 7.95. The van der Waals surface area contributed by atoms with E-state index >= 15 is 0 Å². The molecule has 4 nitrogen and oxygen atoms in total. The molecule has 140 valence electrons. The number of rotatable bonds is 8. The van der Waals surface area contributed by atoms with Crippen LogP contribution in [0.3, 0.4) is 0 Å². The Morgan fingerprint density at radius 3 is 2.72 bits per heavy atom. The van der Waals surface area contributed by atoms with Gasteiger partial charge in [-0.25, -0.2) is 0 Å². The predicted octanol–water partition coefficient (Wildman–Crippen LogP) is 3.47. The molecule has 2 rings (SSSR count). The van der Waals surface area contributed by atoms with Crippen LogP contribution in [-0.4, -0.2) is 43.6 Å². The van der Waals surface area contributed by atoms with E-state index in [-0.39, 0.29) is 17.4 Å². The first kappa shape index (κ1) is 19.9. The Morgan fingerprint density at radius 1 is 1.36 bits per heavy atom. The van der Waals surface area contributed by atoms with Gasteiger partial charge < -0.3 is 15.0 Å². The highest BCUT2D eigenvalue weighted by molar-refractivity contribution is 5.72. The lowest BCUT2D eigenvalue weighted by Gasteiger charge is -2.45. The van der Waals surface area contributed by atoms with Crippen LogP contribution in [0.25, 0.3) is 0 Å². The first-order valence-electron chi connectivity index (χ1n) is 9.52. The van der Waals surface area contributed by atoms with Crippen molar-refractivity contribution in [1.82, 2.24) is 10.2 Å². The van der Waals surface area contributed by atoms with E-state index in [0.29, 0.717) is 13.2 Å². The summed E-state index contributed by atoms with van der Waals surface area (Å²) in [6.45, 7) is 6.23. The molecule has 1 N–H and O–H groups in total. The molecule has 1 aromatic carbocycles. The molecular formula is C21H34N2O2. The highest BCUT2D eigenvalue weighted by atomic mass is 16.5. The second-order valence-electron chi connectivity index (χ2n) is 7.95. The summed E-state index contributed by atoms with van der Waals surface area (Å²) in [7, 11) is 4.36. The van der Waals surface area contributed by atoms with E-state index in [2.05, 4.69) is 31.2 Å². The molecule has 0 aromatic heterocycles. The number of esters is 1. The molecule has 3 atom stereocenters. The molecule has 1 fully saturated rings. The quantitative estimate of drug-likeness (QED) is 0.732. The summed E-state index contributed by atoms with van der Waals surface area (Å²) >= 11 is 0. The van der Waals surface area contributed by atoms with Gasteiger partial charge in [-0.05, 0) is 38.4 Å². The fraction of sp³-hybridized carbons (Fsp3) is 0.667. The average Bonchev–Trinajstić information content (AvgIpc) is 2.60. The molecule has 1 aromatic rings. The molecule has 25 heavy (non-hydrogen) atoms. The van der Waals surface area contributed by atoms with Gasteiger partial charge in [0.25, 0.3) is 0 Å². The van der Waals surface area contributed by atoms with Crippen molar-refractivity contribution in [2.24, 2.45) is 11.8 Å². The Hall–Kier alpha value is -1.39. The maximum absolute atomic E-state index is 12.2. The molecule has 0 spiro atoms. The zero-order chi connectivity index (χ0) is 18.3. The molecule has 0 saturated heterocycles. The van der Waals surface area contributed by atoms with Crippen LogP contribution in [-0.2, 0) is 16.1 Å². The molecule has 1 saturated carbocycles. The summed E-state index contributed by atoms with van der Waals surface area (Å²) in [5, 5.41) is 3.53. The maximum atomic E-state index is 12.2. The van der Waals surface area contributed by atoms with E-state index in [1.54, 1.807) is 0 Å². The molecule has 0 amide bonds. The van der Waals surface area contributed by atoms with Crippen molar-refractivity contribution in [2.45, 2.75) is 51.7 Å². The van der Waals surface area contributed by atoms with Crippen molar-refractivity contribution in [3.63, 3.8) is 0 Å². The number of nitrogens with zero attached hydrogens (tertiary/aromatic N) is 1. The number of ether oxygens (including phenoxy) is 1. The third-order valence-corrected chi connectivity index (χ3v) is 5.55. The van der Waals surface area contributed by atoms with Gasteiger partial charge in [0.1, 0.15) is 6.61 Å². The van der Waals surface area contributed by atoms with Gasteiger partial charge in [0.2, 0.25) is 0 Å². The van der Waals surface area contributed by atoms with E-state index in [4.69, 9.17) is 4.74 Å². The minimum absolute atomic E-state index is 0.132. The van der Waals surface area contributed by atoms with Gasteiger partial charge in [0, 0.05) is 18.6 Å². The first-order chi connectivity index (χ1) is 11.9. The summed E-state index contributed by atoms with van der Waals surface area (Å²) in [4.78, 5) is 14.6. The first-order valence-corrected chi connectivity index (χ1v) is 9.52. The van der Waals surface area contributed by atoms with Crippen molar-refractivity contribution in [3.8, 4) is 0 Å². The fourth-order valence-electron chi connectivity index (χ4n) is 3.83. The highest BCUT2D eigenvalue weighted by Gasteiger charge is 2.36. The molecule has 4 heteroatoms. The van der Waals surface area contributed by atoms with Crippen LogP contribution in [0.4, 0.5) is 0 Å². The normalized spacial score (nSPS) is 24.9. The van der Waals surface area contributed by atoms with Crippen LogP contribution >= 0.6 is 0 Å². The summed E-state index contributed by atoms with van der Waals surface area (Å²) in [5.74, 6) is 0.502. The van der Waals surface area contributed by atoms with Gasteiger partial charge in [-0.15, -0.1) is 0 Å². The number of hydrogen-bond donors (Lipinski definition) is 1. The van der Waals surface area contributed by atoms with Crippen molar-refractivity contribution in [2.75, 3.05) is 27.2 Å². The Morgan fingerprint density at radius 2 is 2.08 bits per heavy atom. The molecule has 0 bridgehead atoms. The van der Waals surface area contributed by atoms with Gasteiger partial charge in [-0.3, -0.25) is 4.79 Å². The Bertz CT molecular complexity index is 532. The Labute approximate surface area is 152 Å². The molecule has 0 radical (unpaired) electrons. The third-order valence-electron chi connectivity index (χ3n) is 5.55. The zero-order valence-corrected chi connectivity index (χ0v) is 16.3. The SMILES string of the molecule is CC1CCCC(CNCC(C)C(=O)OCc2ccccc2)(N(C)C)C1. The van der Waals surface area contributed by atoms with E-state index in [9.17, 15) is 4.79 Å². The van der Waals surface area contributed by atoms with Crippen LogP contribution in [0.5, 0.6) is 0 Å². The van der Waals surface area contributed by atoms with Crippen molar-refractivity contribution in [3.05, 3.63) is 35.9 Å². The van der Waals surface area contributed by atoms with Gasteiger partial charge in [-0.2, -0.15) is 0 Å². The minimum Gasteiger partial charge on any atom is -0.461 e.